The molecule has 0 bridgehead atoms. The van der Waals surface area contributed by atoms with Crippen LogP contribution in [0.15, 0.2) is 30.3 Å². The van der Waals surface area contributed by atoms with Crippen molar-refractivity contribution in [3.8, 4) is 5.75 Å². The third-order valence-electron chi connectivity index (χ3n) is 2.33. The highest BCUT2D eigenvalue weighted by Crippen LogP contribution is 2.08. The van der Waals surface area contributed by atoms with Gasteiger partial charge in [-0.25, -0.2) is 9.59 Å². The summed E-state index contributed by atoms with van der Waals surface area (Å²) in [4.78, 5) is 22.4. The van der Waals surface area contributed by atoms with Gasteiger partial charge in [0.1, 0.15) is 5.75 Å². The lowest BCUT2D eigenvalue weighted by Crippen LogP contribution is -2.29. The number of carbonyl (C=O) groups excluding carboxylic acids is 2. The van der Waals surface area contributed by atoms with E-state index in [4.69, 9.17) is 9.47 Å². The summed E-state index contributed by atoms with van der Waals surface area (Å²) < 4.78 is 14.4. The average Bonchev–Trinajstić information content (AvgIpc) is 2.45. The number of alkyl carbamates (subject to hydrolysis) is 1. The third-order valence-corrected chi connectivity index (χ3v) is 2.33. The Morgan fingerprint density at radius 3 is 2.55 bits per heavy atom. The fourth-order valence-corrected chi connectivity index (χ4v) is 1.34. The van der Waals surface area contributed by atoms with Crippen molar-refractivity contribution in [1.29, 1.82) is 0 Å². The number of amides is 1. The topological polar surface area (TPSA) is 73.9 Å². The van der Waals surface area contributed by atoms with Crippen LogP contribution < -0.4 is 10.1 Å². The number of rotatable bonds is 7. The maximum atomic E-state index is 11.3. The quantitative estimate of drug-likeness (QED) is 0.360. The van der Waals surface area contributed by atoms with Crippen LogP contribution in [0.3, 0.4) is 0 Å². The van der Waals surface area contributed by atoms with Gasteiger partial charge in [0, 0.05) is 0 Å². The van der Waals surface area contributed by atoms with E-state index in [1.807, 2.05) is 0 Å². The van der Waals surface area contributed by atoms with E-state index in [0.717, 1.165) is 19.3 Å². The van der Waals surface area contributed by atoms with Crippen LogP contribution in [0, 0.1) is 0 Å². The Balaban J connectivity index is 2.08. The molecule has 0 aliphatic rings. The normalized spacial score (nSPS) is 9.65. The summed E-state index contributed by atoms with van der Waals surface area (Å²) in [5.74, 6) is 0.375. The largest absolute Gasteiger partial charge is 0.515 e. The van der Waals surface area contributed by atoms with Crippen LogP contribution in [0.4, 0.5) is 9.59 Å². The zero-order chi connectivity index (χ0) is 14.6. The minimum atomic E-state index is -0.887. The van der Waals surface area contributed by atoms with E-state index in [1.165, 1.54) is 0 Å². The Morgan fingerprint density at radius 1 is 1.10 bits per heavy atom. The zero-order valence-electron chi connectivity index (χ0n) is 11.5. The summed E-state index contributed by atoms with van der Waals surface area (Å²) in [6.07, 6.45) is 1.38. The van der Waals surface area contributed by atoms with Gasteiger partial charge in [-0.1, -0.05) is 38.0 Å². The number of hydrogen-bond acceptors (Lipinski definition) is 5. The number of unbranched alkanes of at least 4 members (excludes halogenated alkanes) is 2. The minimum absolute atomic E-state index is 0.293. The van der Waals surface area contributed by atoms with Gasteiger partial charge in [-0.05, 0) is 18.6 Å². The predicted octanol–water partition coefficient (Wildman–Crippen LogP) is 3.08. The second kappa shape index (κ2) is 9.66. The summed E-state index contributed by atoms with van der Waals surface area (Å²) in [5.41, 5.74) is 0. The van der Waals surface area contributed by atoms with Gasteiger partial charge in [0.25, 0.3) is 0 Å². The summed E-state index contributed by atoms with van der Waals surface area (Å²) in [5, 5.41) is 2.29. The van der Waals surface area contributed by atoms with Gasteiger partial charge in [0.05, 0.1) is 6.61 Å². The molecule has 0 unspecified atom stereocenters. The number of nitrogens with one attached hydrogen (secondary N) is 1. The van der Waals surface area contributed by atoms with Gasteiger partial charge in [-0.2, -0.15) is 0 Å². The van der Waals surface area contributed by atoms with Crippen LogP contribution in [-0.4, -0.2) is 25.6 Å². The summed E-state index contributed by atoms with van der Waals surface area (Å²) in [6.45, 7) is 2.12. The second-order valence-electron chi connectivity index (χ2n) is 3.97. The molecule has 1 amide bonds. The molecule has 0 fully saturated rings. The Kier molecular flexibility index (Phi) is 7.64. The molecule has 0 saturated carbocycles. The molecule has 1 N–H and O–H groups in total. The van der Waals surface area contributed by atoms with Crippen molar-refractivity contribution in [3.05, 3.63) is 30.3 Å². The molecule has 1 aromatic carbocycles. The Labute approximate surface area is 118 Å². The average molecular weight is 281 g/mol. The molecule has 1 aromatic rings. The van der Waals surface area contributed by atoms with Gasteiger partial charge < -0.3 is 14.2 Å². The lowest BCUT2D eigenvalue weighted by Gasteiger charge is -2.08. The Morgan fingerprint density at radius 2 is 1.85 bits per heavy atom. The molecule has 0 aromatic heterocycles. The van der Waals surface area contributed by atoms with Crippen molar-refractivity contribution >= 4 is 12.2 Å². The van der Waals surface area contributed by atoms with E-state index in [9.17, 15) is 9.59 Å². The first-order valence-corrected chi connectivity index (χ1v) is 6.52. The van der Waals surface area contributed by atoms with Crippen molar-refractivity contribution in [1.82, 2.24) is 5.32 Å². The summed E-state index contributed by atoms with van der Waals surface area (Å²) in [7, 11) is 0. The van der Waals surface area contributed by atoms with E-state index in [-0.39, 0.29) is 6.73 Å². The molecule has 0 saturated heterocycles. The van der Waals surface area contributed by atoms with Crippen LogP contribution in [0.5, 0.6) is 5.75 Å². The fourth-order valence-electron chi connectivity index (χ4n) is 1.34. The maximum absolute atomic E-state index is 11.3. The van der Waals surface area contributed by atoms with Crippen molar-refractivity contribution < 1.29 is 23.8 Å². The van der Waals surface area contributed by atoms with E-state index >= 15 is 0 Å². The molecule has 20 heavy (non-hydrogen) atoms. The van der Waals surface area contributed by atoms with Gasteiger partial charge in [0.15, 0.2) is 6.73 Å². The summed E-state index contributed by atoms with van der Waals surface area (Å²) >= 11 is 0. The first-order valence-electron chi connectivity index (χ1n) is 6.52. The number of hydrogen-bond donors (Lipinski definition) is 1. The highest BCUT2D eigenvalue weighted by atomic mass is 16.7. The van der Waals surface area contributed by atoms with Crippen LogP contribution in [0.25, 0.3) is 0 Å². The molecular weight excluding hydrogens is 262 g/mol. The van der Waals surface area contributed by atoms with Crippen molar-refractivity contribution in [3.63, 3.8) is 0 Å². The first-order chi connectivity index (χ1) is 9.72. The monoisotopic (exact) mass is 281 g/mol. The molecule has 0 atom stereocenters. The minimum Gasteiger partial charge on any atom is -0.449 e. The van der Waals surface area contributed by atoms with Gasteiger partial charge in [-0.15, -0.1) is 0 Å². The highest BCUT2D eigenvalue weighted by molar-refractivity contribution is 5.68. The highest BCUT2D eigenvalue weighted by Gasteiger charge is 2.07. The van der Waals surface area contributed by atoms with Crippen LogP contribution in [0.2, 0.25) is 0 Å². The lowest BCUT2D eigenvalue weighted by atomic mass is 10.3. The Bertz CT molecular complexity index is 407. The number of benzene rings is 1. The van der Waals surface area contributed by atoms with E-state index in [1.54, 1.807) is 30.3 Å². The lowest BCUT2D eigenvalue weighted by molar-refractivity contribution is 0.0847. The van der Waals surface area contributed by atoms with Crippen LogP contribution in [-0.2, 0) is 9.47 Å². The van der Waals surface area contributed by atoms with Gasteiger partial charge in [0.2, 0.25) is 0 Å². The Hall–Kier alpha value is -2.24. The number of carbonyl (C=O) groups is 2. The molecule has 0 heterocycles. The molecular formula is C14H19NO5. The fraction of sp³-hybridized carbons (Fsp3) is 0.429. The SMILES string of the molecule is CCCCCOC(=O)NCOC(=O)Oc1ccccc1. The van der Waals surface area contributed by atoms with Crippen molar-refractivity contribution in [2.24, 2.45) is 0 Å². The number of ether oxygens (including phenoxy) is 3. The standard InChI is InChI=1S/C14H19NO5/c1-2-3-7-10-18-13(16)15-11-19-14(17)20-12-8-5-4-6-9-12/h4-6,8-9H,2-3,7,10-11H2,1H3,(H,15,16). The van der Waals surface area contributed by atoms with Crippen LogP contribution >= 0.6 is 0 Å². The molecule has 0 aliphatic carbocycles. The first kappa shape index (κ1) is 15.8. The van der Waals surface area contributed by atoms with Crippen LogP contribution in [0.1, 0.15) is 26.2 Å². The predicted molar refractivity (Wildman–Crippen MR) is 72.4 cm³/mol. The van der Waals surface area contributed by atoms with E-state index in [2.05, 4.69) is 17.0 Å². The zero-order valence-corrected chi connectivity index (χ0v) is 11.5. The smallest absolute Gasteiger partial charge is 0.449 e. The van der Waals surface area contributed by atoms with Gasteiger partial charge >= 0.3 is 12.2 Å². The molecule has 1 rings (SSSR count). The molecule has 6 heteroatoms. The summed E-state index contributed by atoms with van der Waals surface area (Å²) in [6, 6.07) is 8.50. The van der Waals surface area contributed by atoms with E-state index in [0.29, 0.717) is 12.4 Å². The maximum Gasteiger partial charge on any atom is 0.515 e. The van der Waals surface area contributed by atoms with E-state index < -0.39 is 12.2 Å². The number of para-hydroxylation sites is 1. The molecule has 0 aliphatic heterocycles. The molecule has 0 radical (unpaired) electrons. The molecule has 0 spiro atoms. The third kappa shape index (κ3) is 7.25. The van der Waals surface area contributed by atoms with Crippen molar-refractivity contribution in [2.75, 3.05) is 13.3 Å². The molecule has 6 nitrogen and oxygen atoms in total. The second-order valence-corrected chi connectivity index (χ2v) is 3.97. The van der Waals surface area contributed by atoms with Crippen molar-refractivity contribution in [2.45, 2.75) is 26.2 Å². The molecule has 110 valence electrons. The van der Waals surface area contributed by atoms with Gasteiger partial charge in [-0.3, -0.25) is 5.32 Å².